The molecule has 1 aliphatic rings. The zero-order chi connectivity index (χ0) is 14.4. The van der Waals surface area contributed by atoms with Crippen molar-refractivity contribution in [3.05, 3.63) is 11.9 Å². The van der Waals surface area contributed by atoms with Crippen LogP contribution in [0, 0.1) is 11.8 Å². The Kier molecular flexibility index (Phi) is 6.02. The topological polar surface area (TPSA) is 42.7 Å². The first-order valence-corrected chi connectivity index (χ1v) is 8.25. The van der Waals surface area contributed by atoms with E-state index in [9.17, 15) is 0 Å². The summed E-state index contributed by atoms with van der Waals surface area (Å²) in [5.41, 5.74) is 1.11. The summed E-state index contributed by atoms with van der Waals surface area (Å²) in [6.07, 6.45) is 12.8. The van der Waals surface area contributed by atoms with E-state index in [2.05, 4.69) is 29.6 Å². The highest BCUT2D eigenvalue weighted by Gasteiger charge is 2.27. The van der Waals surface area contributed by atoms with E-state index >= 15 is 0 Å². The van der Waals surface area contributed by atoms with Gasteiger partial charge in [0.15, 0.2) is 0 Å². The molecule has 1 fully saturated rings. The lowest BCUT2D eigenvalue weighted by molar-refractivity contribution is 0.215. The molecule has 114 valence electrons. The third-order valence-corrected chi connectivity index (χ3v) is 4.88. The average molecular weight is 278 g/mol. The summed E-state index contributed by atoms with van der Waals surface area (Å²) in [6.45, 7) is 2.30. The molecule has 1 aliphatic carbocycles. The minimum Gasteiger partial charge on any atom is -0.316 e. The first kappa shape index (κ1) is 15.5. The second-order valence-electron chi connectivity index (χ2n) is 6.41. The van der Waals surface area contributed by atoms with Gasteiger partial charge in [-0.05, 0) is 31.7 Å². The number of nitrogens with zero attached hydrogens (tertiary/aromatic N) is 3. The zero-order valence-electron chi connectivity index (χ0n) is 13.3. The fourth-order valence-electron chi connectivity index (χ4n) is 3.59. The van der Waals surface area contributed by atoms with Gasteiger partial charge in [-0.25, -0.2) is 0 Å². The van der Waals surface area contributed by atoms with Gasteiger partial charge in [0.05, 0.1) is 5.69 Å². The van der Waals surface area contributed by atoms with Crippen molar-refractivity contribution in [2.45, 2.75) is 64.3 Å². The fraction of sp³-hybridized carbons (Fsp3) is 0.875. The van der Waals surface area contributed by atoms with Crippen LogP contribution in [0.25, 0.3) is 0 Å². The molecule has 0 amide bonds. The van der Waals surface area contributed by atoms with E-state index in [0.29, 0.717) is 6.04 Å². The van der Waals surface area contributed by atoms with Gasteiger partial charge in [-0.15, -0.1) is 5.10 Å². The number of nitrogens with one attached hydrogen (secondary N) is 1. The maximum atomic E-state index is 4.23. The fourth-order valence-corrected chi connectivity index (χ4v) is 3.59. The summed E-state index contributed by atoms with van der Waals surface area (Å²) in [5.74, 6) is 1.79. The predicted octanol–water partition coefficient (Wildman–Crippen LogP) is 2.94. The van der Waals surface area contributed by atoms with Crippen LogP contribution in [0.3, 0.4) is 0 Å². The van der Waals surface area contributed by atoms with Gasteiger partial charge in [0.25, 0.3) is 0 Å². The van der Waals surface area contributed by atoms with Gasteiger partial charge in [-0.3, -0.25) is 4.68 Å². The van der Waals surface area contributed by atoms with Crippen LogP contribution < -0.4 is 5.32 Å². The number of hydrogen-bond donors (Lipinski definition) is 1. The lowest BCUT2D eigenvalue weighted by Crippen LogP contribution is -2.37. The lowest BCUT2D eigenvalue weighted by atomic mass is 9.76. The Morgan fingerprint density at radius 1 is 1.35 bits per heavy atom. The van der Waals surface area contributed by atoms with Gasteiger partial charge in [0, 0.05) is 25.7 Å². The Morgan fingerprint density at radius 3 is 2.65 bits per heavy atom. The Morgan fingerprint density at radius 2 is 2.10 bits per heavy atom. The number of rotatable bonds is 7. The number of aromatic nitrogens is 3. The monoisotopic (exact) mass is 278 g/mol. The van der Waals surface area contributed by atoms with Crippen LogP contribution in [0.2, 0.25) is 0 Å². The van der Waals surface area contributed by atoms with Crippen molar-refractivity contribution in [1.29, 1.82) is 0 Å². The van der Waals surface area contributed by atoms with Gasteiger partial charge >= 0.3 is 0 Å². The quantitative estimate of drug-likeness (QED) is 0.834. The van der Waals surface area contributed by atoms with E-state index in [1.54, 1.807) is 4.68 Å². The number of hydrogen-bond acceptors (Lipinski definition) is 3. The standard InChI is InChI=1S/C16H30N4/c1-4-5-6-13-7-9-14(10-8-13)16(17-2)11-15-12-20(3)19-18-15/h12-14,16-17H,4-11H2,1-3H3. The molecule has 1 atom stereocenters. The van der Waals surface area contributed by atoms with E-state index in [1.807, 2.05) is 13.2 Å². The van der Waals surface area contributed by atoms with Gasteiger partial charge < -0.3 is 5.32 Å². The molecular formula is C16H30N4. The maximum absolute atomic E-state index is 4.23. The predicted molar refractivity (Wildman–Crippen MR) is 82.5 cm³/mol. The first-order valence-electron chi connectivity index (χ1n) is 8.25. The van der Waals surface area contributed by atoms with Crippen molar-refractivity contribution in [2.24, 2.45) is 18.9 Å². The minimum absolute atomic E-state index is 0.554. The molecule has 1 saturated carbocycles. The second kappa shape index (κ2) is 7.77. The van der Waals surface area contributed by atoms with Crippen LogP contribution in [0.5, 0.6) is 0 Å². The number of aryl methyl sites for hydroxylation is 1. The maximum Gasteiger partial charge on any atom is 0.0842 e. The highest BCUT2D eigenvalue weighted by Crippen LogP contribution is 2.34. The van der Waals surface area contributed by atoms with Crippen LogP contribution in [-0.2, 0) is 13.5 Å². The van der Waals surface area contributed by atoms with Crippen LogP contribution in [0.15, 0.2) is 6.20 Å². The summed E-state index contributed by atoms with van der Waals surface area (Å²) in [5, 5.41) is 11.8. The highest BCUT2D eigenvalue weighted by molar-refractivity contribution is 4.97. The largest absolute Gasteiger partial charge is 0.316 e. The number of likely N-dealkylation sites (N-methyl/N-ethyl adjacent to an activating group) is 1. The van der Waals surface area contributed by atoms with E-state index in [-0.39, 0.29) is 0 Å². The summed E-state index contributed by atoms with van der Waals surface area (Å²) in [7, 11) is 4.02. The Bertz CT molecular complexity index is 380. The SMILES string of the molecule is CCCCC1CCC(C(Cc2cn(C)nn2)NC)CC1. The van der Waals surface area contributed by atoms with Gasteiger partial charge in [0.2, 0.25) is 0 Å². The molecule has 0 radical (unpaired) electrons. The Balaban J connectivity index is 1.81. The van der Waals surface area contributed by atoms with Crippen molar-refractivity contribution in [3.8, 4) is 0 Å². The van der Waals surface area contributed by atoms with Crippen LogP contribution in [0.4, 0.5) is 0 Å². The van der Waals surface area contributed by atoms with Gasteiger partial charge in [-0.2, -0.15) is 0 Å². The normalized spacial score (nSPS) is 24.8. The van der Waals surface area contributed by atoms with Crippen LogP contribution in [0.1, 0.15) is 57.6 Å². The van der Waals surface area contributed by atoms with E-state index < -0.39 is 0 Å². The van der Waals surface area contributed by atoms with Crippen molar-refractivity contribution in [3.63, 3.8) is 0 Å². The highest BCUT2D eigenvalue weighted by atomic mass is 15.4. The third-order valence-electron chi connectivity index (χ3n) is 4.88. The van der Waals surface area contributed by atoms with Crippen molar-refractivity contribution in [2.75, 3.05) is 7.05 Å². The Hall–Kier alpha value is -0.900. The molecule has 4 heteroatoms. The lowest BCUT2D eigenvalue weighted by Gasteiger charge is -2.33. The molecule has 1 N–H and O–H groups in total. The molecule has 0 aromatic carbocycles. The molecule has 4 nitrogen and oxygen atoms in total. The zero-order valence-corrected chi connectivity index (χ0v) is 13.3. The molecule has 0 aliphatic heterocycles. The van der Waals surface area contributed by atoms with Crippen molar-refractivity contribution < 1.29 is 0 Å². The van der Waals surface area contributed by atoms with Crippen LogP contribution >= 0.6 is 0 Å². The van der Waals surface area contributed by atoms with E-state index in [1.165, 1.54) is 44.9 Å². The van der Waals surface area contributed by atoms with Crippen LogP contribution in [-0.4, -0.2) is 28.1 Å². The van der Waals surface area contributed by atoms with Gasteiger partial charge in [0.1, 0.15) is 0 Å². The molecule has 0 spiro atoms. The summed E-state index contributed by atoms with van der Waals surface area (Å²) < 4.78 is 1.80. The molecule has 0 bridgehead atoms. The summed E-state index contributed by atoms with van der Waals surface area (Å²) >= 11 is 0. The molecule has 1 aromatic heterocycles. The van der Waals surface area contributed by atoms with E-state index in [4.69, 9.17) is 0 Å². The summed E-state index contributed by atoms with van der Waals surface area (Å²) in [4.78, 5) is 0. The van der Waals surface area contributed by atoms with Crippen molar-refractivity contribution >= 4 is 0 Å². The molecule has 1 unspecified atom stereocenters. The van der Waals surface area contributed by atoms with E-state index in [0.717, 1.165) is 24.0 Å². The molecular weight excluding hydrogens is 248 g/mol. The molecule has 20 heavy (non-hydrogen) atoms. The molecule has 2 rings (SSSR count). The molecule has 0 saturated heterocycles. The molecule has 1 heterocycles. The number of unbranched alkanes of at least 4 members (excludes halogenated alkanes) is 1. The first-order chi connectivity index (χ1) is 9.72. The average Bonchev–Trinajstić information content (AvgIpc) is 2.88. The third kappa shape index (κ3) is 4.30. The Labute approximate surface area is 123 Å². The smallest absolute Gasteiger partial charge is 0.0842 e. The molecule has 1 aromatic rings. The second-order valence-corrected chi connectivity index (χ2v) is 6.41. The summed E-state index contributed by atoms with van der Waals surface area (Å²) in [6, 6.07) is 0.554. The van der Waals surface area contributed by atoms with Crippen molar-refractivity contribution in [1.82, 2.24) is 20.3 Å². The minimum atomic E-state index is 0.554. The van der Waals surface area contributed by atoms with Gasteiger partial charge in [-0.1, -0.05) is 44.2 Å².